The molecule has 0 heterocycles. The van der Waals surface area contributed by atoms with Crippen LogP contribution in [0.4, 0.5) is 17.1 Å². The van der Waals surface area contributed by atoms with Crippen molar-refractivity contribution in [1.29, 1.82) is 0 Å². The van der Waals surface area contributed by atoms with Crippen molar-refractivity contribution in [1.82, 2.24) is 5.43 Å². The van der Waals surface area contributed by atoms with Crippen LogP contribution in [0.25, 0.3) is 0 Å². The van der Waals surface area contributed by atoms with Gasteiger partial charge in [-0.05, 0) is 13.0 Å². The van der Waals surface area contributed by atoms with E-state index in [1.807, 2.05) is 5.43 Å². The lowest BCUT2D eigenvalue weighted by molar-refractivity contribution is -0.393. The van der Waals surface area contributed by atoms with Crippen LogP contribution in [0, 0.1) is 20.2 Å². The summed E-state index contributed by atoms with van der Waals surface area (Å²) in [6.45, 7) is 1.87. The number of nitro groups is 2. The van der Waals surface area contributed by atoms with Crippen molar-refractivity contribution in [2.45, 2.75) is 13.3 Å². The number of non-ortho nitro benzene ring substituents is 1. The predicted octanol–water partition coefficient (Wildman–Crippen LogP) is 0.645. The third kappa shape index (κ3) is 5.20. The molecular formula is C11H14N6O6. The van der Waals surface area contributed by atoms with E-state index in [1.165, 1.54) is 0 Å². The number of ether oxygens (including phenoxy) is 1. The van der Waals surface area contributed by atoms with Gasteiger partial charge in [0.25, 0.3) is 5.69 Å². The standard InChI is InChI=1S/C11H14N6O6/c1-2-23-11(6-10(18)13-12)15-14-8-4-3-7(16(19)20)5-9(8)17(21)22/h3-5,14H,2,6,12H2,1H3,(H,13,18)/b15-11-. The van der Waals surface area contributed by atoms with Gasteiger partial charge in [0.2, 0.25) is 11.8 Å². The van der Waals surface area contributed by atoms with Gasteiger partial charge in [0.05, 0.1) is 22.5 Å². The molecule has 0 saturated carbocycles. The Labute approximate surface area is 129 Å². The first-order valence-corrected chi connectivity index (χ1v) is 6.26. The number of carbonyl (C=O) groups excluding carboxylic acids is 1. The zero-order chi connectivity index (χ0) is 17.4. The second-order valence-corrected chi connectivity index (χ2v) is 4.01. The fourth-order valence-corrected chi connectivity index (χ4v) is 1.48. The Morgan fingerprint density at radius 1 is 1.35 bits per heavy atom. The smallest absolute Gasteiger partial charge is 0.301 e. The number of amides is 1. The molecule has 0 radical (unpaired) electrons. The van der Waals surface area contributed by atoms with Crippen LogP contribution < -0.4 is 16.7 Å². The Morgan fingerprint density at radius 3 is 2.57 bits per heavy atom. The summed E-state index contributed by atoms with van der Waals surface area (Å²) in [5, 5.41) is 25.4. The molecule has 4 N–H and O–H groups in total. The van der Waals surface area contributed by atoms with Crippen LogP contribution in [0.3, 0.4) is 0 Å². The van der Waals surface area contributed by atoms with Gasteiger partial charge in [0, 0.05) is 6.07 Å². The average molecular weight is 326 g/mol. The number of hydrogen-bond acceptors (Lipinski definition) is 9. The number of nitrogens with one attached hydrogen (secondary N) is 2. The Bertz CT molecular complexity index is 646. The number of nitrogens with zero attached hydrogens (tertiary/aromatic N) is 3. The van der Waals surface area contributed by atoms with Crippen molar-refractivity contribution >= 4 is 28.9 Å². The second-order valence-electron chi connectivity index (χ2n) is 4.01. The van der Waals surface area contributed by atoms with Gasteiger partial charge in [0.1, 0.15) is 12.1 Å². The van der Waals surface area contributed by atoms with Crippen molar-refractivity contribution in [3.05, 3.63) is 38.4 Å². The number of rotatable bonds is 7. The third-order valence-corrected chi connectivity index (χ3v) is 2.47. The average Bonchev–Trinajstić information content (AvgIpc) is 2.52. The number of nitro benzene ring substituents is 2. The molecule has 0 bridgehead atoms. The fraction of sp³-hybridized carbons (Fsp3) is 0.273. The Kier molecular flexibility index (Phi) is 6.36. The summed E-state index contributed by atoms with van der Waals surface area (Å²) in [5.74, 6) is 4.32. The van der Waals surface area contributed by atoms with Crippen LogP contribution in [0.15, 0.2) is 23.3 Å². The minimum absolute atomic E-state index is 0.0527. The van der Waals surface area contributed by atoms with E-state index in [1.54, 1.807) is 6.92 Å². The maximum atomic E-state index is 11.2. The molecule has 1 aromatic rings. The lowest BCUT2D eigenvalue weighted by atomic mass is 10.2. The second kappa shape index (κ2) is 8.23. The first kappa shape index (κ1) is 17.8. The molecule has 0 saturated heterocycles. The normalized spacial score (nSPS) is 10.8. The molecule has 12 nitrogen and oxygen atoms in total. The minimum atomic E-state index is -0.794. The Hall–Kier alpha value is -3.28. The van der Waals surface area contributed by atoms with E-state index in [0.29, 0.717) is 0 Å². The molecule has 12 heteroatoms. The van der Waals surface area contributed by atoms with E-state index in [0.717, 1.165) is 18.2 Å². The topological polar surface area (TPSA) is 175 Å². The van der Waals surface area contributed by atoms with E-state index < -0.39 is 27.1 Å². The molecule has 0 spiro atoms. The van der Waals surface area contributed by atoms with Crippen LogP contribution in [-0.2, 0) is 9.53 Å². The number of hydrogen-bond donors (Lipinski definition) is 3. The molecular weight excluding hydrogens is 312 g/mol. The number of hydrazone groups is 1. The van der Waals surface area contributed by atoms with Gasteiger partial charge < -0.3 is 4.74 Å². The van der Waals surface area contributed by atoms with E-state index in [-0.39, 0.29) is 24.6 Å². The van der Waals surface area contributed by atoms with Crippen LogP contribution in [0.5, 0.6) is 0 Å². The van der Waals surface area contributed by atoms with Gasteiger partial charge in [-0.1, -0.05) is 0 Å². The van der Waals surface area contributed by atoms with E-state index >= 15 is 0 Å². The van der Waals surface area contributed by atoms with Gasteiger partial charge in [0.15, 0.2) is 0 Å². The molecule has 0 aliphatic heterocycles. The SMILES string of the molecule is CCO/C(CC(=O)NN)=N\Nc1ccc([N+](=O)[O-])cc1[N+](=O)[O-]. The molecule has 0 aliphatic rings. The van der Waals surface area contributed by atoms with Crippen LogP contribution in [0.2, 0.25) is 0 Å². The van der Waals surface area contributed by atoms with Crippen molar-refractivity contribution in [2.24, 2.45) is 10.9 Å². The summed E-state index contributed by atoms with van der Waals surface area (Å²) in [6, 6.07) is 3.01. The van der Waals surface area contributed by atoms with Crippen LogP contribution >= 0.6 is 0 Å². The maximum Gasteiger partial charge on any atom is 0.301 e. The van der Waals surface area contributed by atoms with E-state index in [4.69, 9.17) is 10.6 Å². The quantitative estimate of drug-likeness (QED) is 0.163. The van der Waals surface area contributed by atoms with Gasteiger partial charge in [-0.25, -0.2) is 5.84 Å². The molecule has 23 heavy (non-hydrogen) atoms. The minimum Gasteiger partial charge on any atom is -0.480 e. The molecule has 1 rings (SSSR count). The van der Waals surface area contributed by atoms with E-state index in [9.17, 15) is 25.0 Å². The number of hydrazine groups is 1. The summed E-state index contributed by atoms with van der Waals surface area (Å²) < 4.78 is 5.09. The highest BCUT2D eigenvalue weighted by atomic mass is 16.6. The van der Waals surface area contributed by atoms with E-state index in [2.05, 4.69) is 10.5 Å². The summed E-state index contributed by atoms with van der Waals surface area (Å²) in [5.41, 5.74) is 3.18. The van der Waals surface area contributed by atoms with Crippen molar-refractivity contribution < 1.29 is 19.4 Å². The highest BCUT2D eigenvalue weighted by Gasteiger charge is 2.19. The first-order valence-electron chi connectivity index (χ1n) is 6.26. The van der Waals surface area contributed by atoms with Gasteiger partial charge in [-0.3, -0.25) is 35.9 Å². The van der Waals surface area contributed by atoms with Crippen molar-refractivity contribution in [2.75, 3.05) is 12.0 Å². The number of anilines is 1. The monoisotopic (exact) mass is 326 g/mol. The summed E-state index contributed by atoms with van der Waals surface area (Å²) in [7, 11) is 0. The summed E-state index contributed by atoms with van der Waals surface area (Å²) in [4.78, 5) is 31.3. The molecule has 1 aromatic carbocycles. The van der Waals surface area contributed by atoms with Gasteiger partial charge >= 0.3 is 5.69 Å². The lowest BCUT2D eigenvalue weighted by Gasteiger charge is -2.07. The summed E-state index contributed by atoms with van der Waals surface area (Å²) >= 11 is 0. The number of benzene rings is 1. The highest BCUT2D eigenvalue weighted by Crippen LogP contribution is 2.28. The molecule has 0 fully saturated rings. The molecule has 0 aromatic heterocycles. The van der Waals surface area contributed by atoms with Gasteiger partial charge in [-0.15, -0.1) is 5.10 Å². The van der Waals surface area contributed by atoms with Gasteiger partial charge in [-0.2, -0.15) is 0 Å². The third-order valence-electron chi connectivity index (χ3n) is 2.47. The fourth-order valence-electron chi connectivity index (χ4n) is 1.48. The Morgan fingerprint density at radius 2 is 2.04 bits per heavy atom. The molecule has 1 amide bonds. The molecule has 0 aliphatic carbocycles. The molecule has 0 unspecified atom stereocenters. The largest absolute Gasteiger partial charge is 0.480 e. The molecule has 124 valence electrons. The summed E-state index contributed by atoms with van der Waals surface area (Å²) in [6.07, 6.45) is -0.280. The maximum absolute atomic E-state index is 11.2. The zero-order valence-electron chi connectivity index (χ0n) is 12.0. The Balaban J connectivity index is 3.05. The number of nitrogens with two attached hydrogens (primary N) is 1. The van der Waals surface area contributed by atoms with Crippen molar-refractivity contribution in [3.63, 3.8) is 0 Å². The lowest BCUT2D eigenvalue weighted by Crippen LogP contribution is -2.32. The molecule has 0 atom stereocenters. The highest BCUT2D eigenvalue weighted by molar-refractivity contribution is 5.97. The number of carbonyl (C=O) groups is 1. The predicted molar refractivity (Wildman–Crippen MR) is 79.4 cm³/mol. The van der Waals surface area contributed by atoms with Crippen molar-refractivity contribution in [3.8, 4) is 0 Å². The zero-order valence-corrected chi connectivity index (χ0v) is 12.0. The first-order chi connectivity index (χ1) is 10.9. The van der Waals surface area contributed by atoms with Crippen LogP contribution in [-0.4, -0.2) is 28.3 Å². The van der Waals surface area contributed by atoms with Crippen LogP contribution in [0.1, 0.15) is 13.3 Å².